The van der Waals surface area contributed by atoms with Crippen molar-refractivity contribution in [1.29, 1.82) is 0 Å². The topological polar surface area (TPSA) is 40.5 Å². The molecule has 0 saturated heterocycles. The van der Waals surface area contributed by atoms with Gasteiger partial charge in [-0.25, -0.2) is 0 Å². The van der Waals surface area contributed by atoms with Crippen molar-refractivity contribution in [2.75, 3.05) is 0 Å². The summed E-state index contributed by atoms with van der Waals surface area (Å²) in [6.45, 7) is 8.16. The van der Waals surface area contributed by atoms with E-state index in [1.807, 2.05) is 13.8 Å². The highest BCUT2D eigenvalue weighted by molar-refractivity contribution is 5.21. The van der Waals surface area contributed by atoms with Crippen molar-refractivity contribution in [3.05, 3.63) is 0 Å². The van der Waals surface area contributed by atoms with Gasteiger partial charge in [0, 0.05) is 5.41 Å². The molecule has 70 valence electrons. The van der Waals surface area contributed by atoms with Gasteiger partial charge in [0.1, 0.15) is 0 Å². The van der Waals surface area contributed by atoms with Crippen LogP contribution in [0.1, 0.15) is 27.7 Å². The Morgan fingerprint density at radius 3 is 1.33 bits per heavy atom. The van der Waals surface area contributed by atoms with Crippen molar-refractivity contribution in [2.45, 2.75) is 39.9 Å². The highest BCUT2D eigenvalue weighted by atomic mass is 16.3. The fourth-order valence-corrected chi connectivity index (χ4v) is 3.03. The highest BCUT2D eigenvalue weighted by Gasteiger charge is 2.73. The van der Waals surface area contributed by atoms with Gasteiger partial charge in [0.2, 0.25) is 0 Å². The van der Waals surface area contributed by atoms with Crippen LogP contribution >= 0.6 is 0 Å². The van der Waals surface area contributed by atoms with E-state index in [4.69, 9.17) is 0 Å². The second kappa shape index (κ2) is 1.88. The summed E-state index contributed by atoms with van der Waals surface area (Å²) in [6.07, 6.45) is -0.653. The molecule has 2 saturated carbocycles. The van der Waals surface area contributed by atoms with Crippen LogP contribution in [0.3, 0.4) is 0 Å². The van der Waals surface area contributed by atoms with Crippen LogP contribution in [0, 0.1) is 22.7 Å². The first-order valence-corrected chi connectivity index (χ1v) is 4.67. The normalized spacial score (nSPS) is 53.5. The minimum absolute atomic E-state index is 0.161. The van der Waals surface area contributed by atoms with Crippen LogP contribution in [0.5, 0.6) is 0 Å². The third-order valence-electron chi connectivity index (χ3n) is 4.20. The Bertz CT molecular complexity index is 196. The predicted molar refractivity (Wildman–Crippen MR) is 46.6 cm³/mol. The third kappa shape index (κ3) is 0.686. The van der Waals surface area contributed by atoms with E-state index in [1.54, 1.807) is 0 Å². The van der Waals surface area contributed by atoms with E-state index in [0.717, 1.165) is 0 Å². The third-order valence-corrected chi connectivity index (χ3v) is 4.20. The second-order valence-corrected chi connectivity index (χ2v) is 5.58. The Labute approximate surface area is 73.6 Å². The summed E-state index contributed by atoms with van der Waals surface area (Å²) in [7, 11) is 0. The van der Waals surface area contributed by atoms with Gasteiger partial charge in [-0.05, 0) is 17.3 Å². The van der Waals surface area contributed by atoms with Crippen LogP contribution in [0.2, 0.25) is 0 Å². The van der Waals surface area contributed by atoms with Crippen LogP contribution in [0.4, 0.5) is 0 Å². The average molecular weight is 170 g/mol. The van der Waals surface area contributed by atoms with E-state index < -0.39 is 0 Å². The molecule has 2 N–H and O–H groups in total. The molecule has 0 radical (unpaired) electrons. The maximum atomic E-state index is 9.91. The summed E-state index contributed by atoms with van der Waals surface area (Å²) in [5.74, 6) is 0.644. The van der Waals surface area contributed by atoms with Crippen molar-refractivity contribution in [2.24, 2.45) is 22.7 Å². The Morgan fingerprint density at radius 1 is 0.750 bits per heavy atom. The highest BCUT2D eigenvalue weighted by Crippen LogP contribution is 2.70. The van der Waals surface area contributed by atoms with Gasteiger partial charge in [0.25, 0.3) is 0 Å². The summed E-state index contributed by atoms with van der Waals surface area (Å²) < 4.78 is 0. The Morgan fingerprint density at radius 2 is 1.08 bits per heavy atom. The summed E-state index contributed by atoms with van der Waals surface area (Å²) >= 11 is 0. The van der Waals surface area contributed by atoms with E-state index in [0.29, 0.717) is 11.8 Å². The molecule has 0 aromatic carbocycles. The quantitative estimate of drug-likeness (QED) is 0.570. The predicted octanol–water partition coefficient (Wildman–Crippen LogP) is 1.02. The number of aliphatic hydroxyl groups excluding tert-OH is 2. The van der Waals surface area contributed by atoms with Crippen molar-refractivity contribution >= 4 is 0 Å². The Kier molecular flexibility index (Phi) is 1.33. The molecule has 0 aromatic rings. The van der Waals surface area contributed by atoms with Crippen LogP contribution in [-0.4, -0.2) is 22.4 Å². The largest absolute Gasteiger partial charge is 0.392 e. The number of fused-ring (bicyclic) bond motifs is 1. The second-order valence-electron chi connectivity index (χ2n) is 5.58. The molecule has 2 nitrogen and oxygen atoms in total. The molecule has 4 atom stereocenters. The first-order chi connectivity index (χ1) is 5.31. The molecule has 0 aromatic heterocycles. The summed E-state index contributed by atoms with van der Waals surface area (Å²) in [4.78, 5) is 0. The summed E-state index contributed by atoms with van der Waals surface area (Å²) in [5.41, 5.74) is -0.140. The number of hydrogen-bond donors (Lipinski definition) is 2. The molecular formula is C10H18O2. The van der Waals surface area contributed by atoms with Crippen LogP contribution in [0.15, 0.2) is 0 Å². The minimum atomic E-state index is -0.326. The Hall–Kier alpha value is -0.0800. The lowest BCUT2D eigenvalue weighted by Crippen LogP contribution is -2.39. The van der Waals surface area contributed by atoms with Crippen molar-refractivity contribution < 1.29 is 10.2 Å². The molecule has 0 spiro atoms. The first-order valence-electron chi connectivity index (χ1n) is 4.67. The standard InChI is InChI=1S/C10H18O2/c1-9(2)5-6(9)8(12)10(3,4)7(5)11/h5-8,11-12H,1-4H3/t5-,6+,7-,8+. The van der Waals surface area contributed by atoms with Gasteiger partial charge < -0.3 is 10.2 Å². The van der Waals surface area contributed by atoms with Crippen molar-refractivity contribution in [3.63, 3.8) is 0 Å². The van der Waals surface area contributed by atoms with Crippen molar-refractivity contribution in [1.82, 2.24) is 0 Å². The monoisotopic (exact) mass is 170 g/mol. The molecule has 12 heavy (non-hydrogen) atoms. The maximum Gasteiger partial charge on any atom is 0.0653 e. The van der Waals surface area contributed by atoms with Gasteiger partial charge >= 0.3 is 0 Å². The number of hydrogen-bond acceptors (Lipinski definition) is 2. The van der Waals surface area contributed by atoms with Gasteiger partial charge in [-0.15, -0.1) is 0 Å². The Balaban J connectivity index is 2.28. The fraction of sp³-hybridized carbons (Fsp3) is 1.00. The van der Waals surface area contributed by atoms with E-state index >= 15 is 0 Å². The van der Waals surface area contributed by atoms with Crippen LogP contribution < -0.4 is 0 Å². The molecule has 0 amide bonds. The van der Waals surface area contributed by atoms with E-state index in [9.17, 15) is 10.2 Å². The molecule has 0 aliphatic heterocycles. The zero-order valence-electron chi connectivity index (χ0n) is 8.20. The van der Waals surface area contributed by atoms with Gasteiger partial charge in [-0.2, -0.15) is 0 Å². The molecule has 2 fully saturated rings. The lowest BCUT2D eigenvalue weighted by Gasteiger charge is -2.33. The number of rotatable bonds is 0. The molecule has 2 rings (SSSR count). The minimum Gasteiger partial charge on any atom is -0.392 e. The lowest BCUT2D eigenvalue weighted by molar-refractivity contribution is -0.0415. The molecule has 0 unspecified atom stereocenters. The summed E-state index contributed by atoms with van der Waals surface area (Å²) in [5, 5.41) is 19.8. The van der Waals surface area contributed by atoms with Gasteiger partial charge in [0.05, 0.1) is 12.2 Å². The summed E-state index contributed by atoms with van der Waals surface area (Å²) in [6, 6.07) is 0. The van der Waals surface area contributed by atoms with Crippen LogP contribution in [-0.2, 0) is 0 Å². The molecule has 0 bridgehead atoms. The smallest absolute Gasteiger partial charge is 0.0653 e. The molecule has 2 aliphatic carbocycles. The van der Waals surface area contributed by atoms with E-state index in [2.05, 4.69) is 13.8 Å². The van der Waals surface area contributed by atoms with Gasteiger partial charge in [0.15, 0.2) is 0 Å². The van der Waals surface area contributed by atoms with E-state index in [1.165, 1.54) is 0 Å². The average Bonchev–Trinajstić information content (AvgIpc) is 2.42. The molecule has 0 heterocycles. The zero-order chi connectivity index (χ0) is 9.31. The van der Waals surface area contributed by atoms with E-state index in [-0.39, 0.29) is 23.0 Å². The lowest BCUT2D eigenvalue weighted by atomic mass is 9.78. The van der Waals surface area contributed by atoms with Gasteiger partial charge in [-0.1, -0.05) is 27.7 Å². The first kappa shape index (κ1) is 8.52. The fourth-order valence-electron chi connectivity index (χ4n) is 3.03. The molecular weight excluding hydrogens is 152 g/mol. The zero-order valence-corrected chi connectivity index (χ0v) is 8.20. The number of aliphatic hydroxyl groups is 2. The van der Waals surface area contributed by atoms with Crippen LogP contribution in [0.25, 0.3) is 0 Å². The van der Waals surface area contributed by atoms with Crippen molar-refractivity contribution in [3.8, 4) is 0 Å². The van der Waals surface area contributed by atoms with Gasteiger partial charge in [-0.3, -0.25) is 0 Å². The maximum absolute atomic E-state index is 9.91. The SMILES string of the molecule is CC1(C)[C@@H]2[C@H]1[C@H](O)C(C)(C)[C@@H]2O. The molecule has 2 aliphatic rings. The molecule has 2 heteroatoms.